The summed E-state index contributed by atoms with van der Waals surface area (Å²) in [6.45, 7) is 2.44. The number of carbonyl (C=O) groups is 1. The molecule has 0 fully saturated rings. The lowest BCUT2D eigenvalue weighted by Crippen LogP contribution is -2.11. The highest BCUT2D eigenvalue weighted by atomic mass is 16.3. The Labute approximate surface area is 98.6 Å². The van der Waals surface area contributed by atoms with Crippen LogP contribution in [0.4, 0.5) is 5.82 Å². The predicted molar refractivity (Wildman–Crippen MR) is 63.5 cm³/mol. The molecule has 0 radical (unpaired) electrons. The Morgan fingerprint density at radius 3 is 2.76 bits per heavy atom. The molecule has 1 amide bonds. The molecule has 0 aliphatic rings. The summed E-state index contributed by atoms with van der Waals surface area (Å²) in [6.07, 6.45) is 1.44. The van der Waals surface area contributed by atoms with E-state index in [1.807, 2.05) is 19.1 Å². The van der Waals surface area contributed by atoms with Crippen molar-refractivity contribution in [1.82, 2.24) is 4.98 Å². The number of anilines is 1. The Morgan fingerprint density at radius 2 is 2.24 bits per heavy atom. The molecule has 0 unspecified atom stereocenters. The minimum atomic E-state index is -0.481. The summed E-state index contributed by atoms with van der Waals surface area (Å²) in [6, 6.07) is 7.14. The maximum absolute atomic E-state index is 10.8. The highest BCUT2D eigenvalue weighted by Crippen LogP contribution is 2.10. The summed E-state index contributed by atoms with van der Waals surface area (Å²) < 4.78 is 5.40. The number of nitrogens with two attached hydrogens (primary N) is 1. The third-order valence-corrected chi connectivity index (χ3v) is 2.29. The average Bonchev–Trinajstić information content (AvgIpc) is 2.73. The minimum Gasteiger partial charge on any atom is -0.465 e. The van der Waals surface area contributed by atoms with Gasteiger partial charge in [-0.25, -0.2) is 4.98 Å². The SMILES string of the molecule is Cc1ccc(CNc2ccc(C(N)=O)cn2)o1. The number of hydrogen-bond donors (Lipinski definition) is 2. The van der Waals surface area contributed by atoms with Crippen LogP contribution in [-0.2, 0) is 6.54 Å². The van der Waals surface area contributed by atoms with E-state index in [0.29, 0.717) is 17.9 Å². The molecular weight excluding hydrogens is 218 g/mol. The quantitative estimate of drug-likeness (QED) is 0.839. The lowest BCUT2D eigenvalue weighted by atomic mass is 10.3. The Balaban J connectivity index is 1.97. The fourth-order valence-electron chi connectivity index (χ4n) is 1.40. The Morgan fingerprint density at radius 1 is 1.41 bits per heavy atom. The van der Waals surface area contributed by atoms with Crippen molar-refractivity contribution in [3.05, 3.63) is 47.5 Å². The average molecular weight is 231 g/mol. The second-order valence-electron chi connectivity index (χ2n) is 3.66. The molecule has 5 heteroatoms. The monoisotopic (exact) mass is 231 g/mol. The highest BCUT2D eigenvalue weighted by molar-refractivity contribution is 5.92. The third kappa shape index (κ3) is 2.84. The number of pyridine rings is 1. The molecule has 0 saturated carbocycles. The van der Waals surface area contributed by atoms with Gasteiger partial charge in [-0.1, -0.05) is 0 Å². The number of carbonyl (C=O) groups excluding carboxylic acids is 1. The Bertz CT molecular complexity index is 517. The predicted octanol–water partition coefficient (Wildman–Crippen LogP) is 1.69. The molecule has 2 aromatic heterocycles. The molecule has 0 bridgehead atoms. The molecule has 2 heterocycles. The summed E-state index contributed by atoms with van der Waals surface area (Å²) in [5, 5.41) is 3.08. The van der Waals surface area contributed by atoms with E-state index in [4.69, 9.17) is 10.2 Å². The molecule has 88 valence electrons. The van der Waals surface area contributed by atoms with Crippen LogP contribution in [0.2, 0.25) is 0 Å². The fraction of sp³-hybridized carbons (Fsp3) is 0.167. The van der Waals surface area contributed by atoms with E-state index < -0.39 is 5.91 Å². The second kappa shape index (κ2) is 4.69. The molecule has 0 saturated heterocycles. The first kappa shape index (κ1) is 11.2. The summed E-state index contributed by atoms with van der Waals surface area (Å²) in [4.78, 5) is 14.9. The van der Waals surface area contributed by atoms with Crippen LogP contribution in [0.3, 0.4) is 0 Å². The van der Waals surface area contributed by atoms with Gasteiger partial charge in [0.2, 0.25) is 5.91 Å². The summed E-state index contributed by atoms with van der Waals surface area (Å²) >= 11 is 0. The number of furan rings is 1. The molecule has 0 aromatic carbocycles. The first-order chi connectivity index (χ1) is 8.15. The molecule has 0 aliphatic carbocycles. The van der Waals surface area contributed by atoms with Gasteiger partial charge in [-0.2, -0.15) is 0 Å². The van der Waals surface area contributed by atoms with Crippen molar-refractivity contribution in [1.29, 1.82) is 0 Å². The summed E-state index contributed by atoms with van der Waals surface area (Å²) in [5.74, 6) is 1.90. The highest BCUT2D eigenvalue weighted by Gasteiger charge is 2.02. The van der Waals surface area contributed by atoms with Crippen LogP contribution in [-0.4, -0.2) is 10.9 Å². The van der Waals surface area contributed by atoms with Crippen molar-refractivity contribution in [2.75, 3.05) is 5.32 Å². The van der Waals surface area contributed by atoms with Crippen LogP contribution in [0.25, 0.3) is 0 Å². The van der Waals surface area contributed by atoms with Crippen LogP contribution >= 0.6 is 0 Å². The maximum atomic E-state index is 10.8. The topological polar surface area (TPSA) is 81.1 Å². The van der Waals surface area contributed by atoms with Crippen molar-refractivity contribution >= 4 is 11.7 Å². The van der Waals surface area contributed by atoms with Crippen molar-refractivity contribution in [3.8, 4) is 0 Å². The number of amides is 1. The first-order valence-corrected chi connectivity index (χ1v) is 5.20. The number of aryl methyl sites for hydroxylation is 1. The zero-order valence-corrected chi connectivity index (χ0v) is 9.43. The van der Waals surface area contributed by atoms with Crippen LogP contribution < -0.4 is 11.1 Å². The fourth-order valence-corrected chi connectivity index (χ4v) is 1.40. The largest absolute Gasteiger partial charge is 0.465 e. The van der Waals surface area contributed by atoms with Gasteiger partial charge in [-0.05, 0) is 31.2 Å². The van der Waals surface area contributed by atoms with Crippen LogP contribution in [0.1, 0.15) is 21.9 Å². The smallest absolute Gasteiger partial charge is 0.250 e. The molecular formula is C12H13N3O2. The van der Waals surface area contributed by atoms with Gasteiger partial charge in [0.1, 0.15) is 17.3 Å². The van der Waals surface area contributed by atoms with Gasteiger partial charge in [-0.3, -0.25) is 4.79 Å². The van der Waals surface area contributed by atoms with E-state index in [1.54, 1.807) is 12.1 Å². The van der Waals surface area contributed by atoms with Crippen molar-refractivity contribution in [2.45, 2.75) is 13.5 Å². The van der Waals surface area contributed by atoms with Gasteiger partial charge < -0.3 is 15.5 Å². The number of nitrogens with zero attached hydrogens (tertiary/aromatic N) is 1. The minimum absolute atomic E-state index is 0.393. The molecule has 17 heavy (non-hydrogen) atoms. The zero-order chi connectivity index (χ0) is 12.3. The summed E-state index contributed by atoms with van der Waals surface area (Å²) in [7, 11) is 0. The van der Waals surface area contributed by atoms with Crippen LogP contribution in [0.5, 0.6) is 0 Å². The van der Waals surface area contributed by atoms with Gasteiger partial charge >= 0.3 is 0 Å². The van der Waals surface area contributed by atoms with Crippen LogP contribution in [0, 0.1) is 6.92 Å². The van der Waals surface area contributed by atoms with E-state index in [0.717, 1.165) is 11.5 Å². The van der Waals surface area contributed by atoms with Crippen molar-refractivity contribution in [2.24, 2.45) is 5.73 Å². The van der Waals surface area contributed by atoms with E-state index in [-0.39, 0.29) is 0 Å². The number of aromatic nitrogens is 1. The summed E-state index contributed by atoms with van der Waals surface area (Å²) in [5.41, 5.74) is 5.51. The van der Waals surface area contributed by atoms with Gasteiger partial charge in [-0.15, -0.1) is 0 Å². The van der Waals surface area contributed by atoms with Gasteiger partial charge in [0, 0.05) is 6.20 Å². The molecule has 3 N–H and O–H groups in total. The lowest BCUT2D eigenvalue weighted by Gasteiger charge is -2.03. The van der Waals surface area contributed by atoms with Crippen molar-refractivity contribution in [3.63, 3.8) is 0 Å². The molecule has 5 nitrogen and oxygen atoms in total. The molecule has 0 spiro atoms. The van der Waals surface area contributed by atoms with E-state index in [2.05, 4.69) is 10.3 Å². The molecule has 0 aliphatic heterocycles. The maximum Gasteiger partial charge on any atom is 0.250 e. The lowest BCUT2D eigenvalue weighted by molar-refractivity contribution is 0.1000. The number of nitrogens with one attached hydrogen (secondary N) is 1. The second-order valence-corrected chi connectivity index (χ2v) is 3.66. The molecule has 2 rings (SSSR count). The molecule has 0 atom stereocenters. The van der Waals surface area contributed by atoms with E-state index >= 15 is 0 Å². The zero-order valence-electron chi connectivity index (χ0n) is 9.43. The van der Waals surface area contributed by atoms with E-state index in [9.17, 15) is 4.79 Å². The Kier molecular flexibility index (Phi) is 3.09. The van der Waals surface area contributed by atoms with E-state index in [1.165, 1.54) is 6.20 Å². The van der Waals surface area contributed by atoms with Crippen molar-refractivity contribution < 1.29 is 9.21 Å². The van der Waals surface area contributed by atoms with Gasteiger partial charge in [0.15, 0.2) is 0 Å². The number of hydrogen-bond acceptors (Lipinski definition) is 4. The Hall–Kier alpha value is -2.30. The normalized spacial score (nSPS) is 10.2. The number of primary amides is 1. The molecule has 2 aromatic rings. The van der Waals surface area contributed by atoms with Crippen LogP contribution in [0.15, 0.2) is 34.9 Å². The first-order valence-electron chi connectivity index (χ1n) is 5.20. The third-order valence-electron chi connectivity index (χ3n) is 2.29. The van der Waals surface area contributed by atoms with Gasteiger partial charge in [0.05, 0.1) is 12.1 Å². The van der Waals surface area contributed by atoms with Gasteiger partial charge in [0.25, 0.3) is 0 Å². The number of rotatable bonds is 4. The standard InChI is InChI=1S/C12H13N3O2/c1-8-2-4-10(17-8)7-15-11-5-3-9(6-14-11)12(13)16/h2-6H,7H2,1H3,(H2,13,16)(H,14,15).